The number of thioether (sulfide) groups is 1. The average molecular weight is 503 g/mol. The van der Waals surface area contributed by atoms with Gasteiger partial charge in [-0.2, -0.15) is 0 Å². The zero-order valence-corrected chi connectivity index (χ0v) is 21.1. The Morgan fingerprint density at radius 1 is 0.972 bits per heavy atom. The number of hydrogen-bond acceptors (Lipinski definition) is 7. The highest BCUT2D eigenvalue weighted by Gasteiger charge is 2.31. The van der Waals surface area contributed by atoms with Crippen LogP contribution in [-0.4, -0.2) is 44.5 Å². The smallest absolute Gasteiger partial charge is 0.257 e. The van der Waals surface area contributed by atoms with Crippen molar-refractivity contribution in [3.05, 3.63) is 58.0 Å². The van der Waals surface area contributed by atoms with Gasteiger partial charge in [0.15, 0.2) is 11.0 Å². The van der Waals surface area contributed by atoms with Crippen molar-refractivity contribution in [2.75, 3.05) is 29.1 Å². The number of benzene rings is 1. The van der Waals surface area contributed by atoms with E-state index in [1.807, 2.05) is 36.4 Å². The number of hydrogen-bond donors (Lipinski definition) is 1. The minimum absolute atomic E-state index is 0.0441. The Balaban J connectivity index is 1.09. The molecule has 6 rings (SSSR count). The molecule has 0 spiro atoms. The number of nitrogens with one attached hydrogen (secondary N) is 1. The van der Waals surface area contributed by atoms with E-state index in [0.717, 1.165) is 71.5 Å². The standard InChI is InChI=1S/C27H30N6O2S/c34-25(16-20-17-36-27-29-23-7-5-6-21(23)26(35)33(20)27)28-19-10-8-18(9-11-19)22-12-13-24(31-30-22)32-14-3-1-2-4-15-32/h8-13,20H,1-7,14-17H2,(H,28,34). The Bertz CT molecular complexity index is 1310. The van der Waals surface area contributed by atoms with E-state index >= 15 is 0 Å². The van der Waals surface area contributed by atoms with Gasteiger partial charge < -0.3 is 10.2 Å². The number of aryl methyl sites for hydroxylation is 1. The maximum Gasteiger partial charge on any atom is 0.257 e. The third kappa shape index (κ3) is 4.64. The van der Waals surface area contributed by atoms with E-state index in [9.17, 15) is 9.59 Å². The molecule has 0 radical (unpaired) electrons. The lowest BCUT2D eigenvalue weighted by Crippen LogP contribution is -2.30. The van der Waals surface area contributed by atoms with Crippen LogP contribution in [0.25, 0.3) is 11.3 Å². The van der Waals surface area contributed by atoms with Crippen LogP contribution in [0.1, 0.15) is 55.8 Å². The lowest BCUT2D eigenvalue weighted by molar-refractivity contribution is -0.116. The zero-order valence-electron chi connectivity index (χ0n) is 20.3. The molecule has 9 heteroatoms. The fraction of sp³-hybridized carbons (Fsp3) is 0.444. The first-order valence-electron chi connectivity index (χ1n) is 12.9. The van der Waals surface area contributed by atoms with Crippen molar-refractivity contribution in [2.24, 2.45) is 0 Å². The highest BCUT2D eigenvalue weighted by molar-refractivity contribution is 7.99. The van der Waals surface area contributed by atoms with Crippen LogP contribution in [0, 0.1) is 0 Å². The van der Waals surface area contributed by atoms with Crippen molar-refractivity contribution in [3.8, 4) is 11.3 Å². The summed E-state index contributed by atoms with van der Waals surface area (Å²) in [5, 5.41) is 12.7. The third-order valence-electron chi connectivity index (χ3n) is 7.34. The Kier molecular flexibility index (Phi) is 6.48. The predicted octanol–water partition coefficient (Wildman–Crippen LogP) is 4.25. The molecule has 3 aliphatic rings. The van der Waals surface area contributed by atoms with Crippen molar-refractivity contribution in [1.29, 1.82) is 0 Å². The lowest BCUT2D eigenvalue weighted by Gasteiger charge is -2.20. The van der Waals surface area contributed by atoms with Crippen LogP contribution in [0.15, 0.2) is 46.3 Å². The van der Waals surface area contributed by atoms with Gasteiger partial charge in [-0.1, -0.05) is 36.7 Å². The predicted molar refractivity (Wildman–Crippen MR) is 142 cm³/mol. The van der Waals surface area contributed by atoms with E-state index < -0.39 is 0 Å². The minimum atomic E-state index is -0.159. The summed E-state index contributed by atoms with van der Waals surface area (Å²) < 4.78 is 1.74. The Morgan fingerprint density at radius 3 is 2.53 bits per heavy atom. The van der Waals surface area contributed by atoms with Crippen LogP contribution < -0.4 is 15.8 Å². The van der Waals surface area contributed by atoms with Gasteiger partial charge in [0, 0.05) is 42.1 Å². The molecule has 1 aromatic carbocycles. The molecule has 36 heavy (non-hydrogen) atoms. The van der Waals surface area contributed by atoms with Crippen molar-refractivity contribution >= 4 is 29.2 Å². The number of nitrogens with zero attached hydrogens (tertiary/aromatic N) is 5. The number of fused-ring (bicyclic) bond motifs is 2. The summed E-state index contributed by atoms with van der Waals surface area (Å²) in [6.45, 7) is 2.09. The molecule has 3 aromatic rings. The molecular formula is C27H30N6O2S. The number of carbonyl (C=O) groups excluding carboxylic acids is 1. The van der Waals surface area contributed by atoms with Gasteiger partial charge in [-0.05, 0) is 56.4 Å². The second kappa shape index (κ2) is 10.0. The summed E-state index contributed by atoms with van der Waals surface area (Å²) in [5.41, 5.74) is 4.32. The van der Waals surface area contributed by atoms with Gasteiger partial charge in [-0.15, -0.1) is 10.2 Å². The first-order valence-corrected chi connectivity index (χ1v) is 13.9. The maximum atomic E-state index is 13.0. The fourth-order valence-electron chi connectivity index (χ4n) is 5.40. The molecule has 8 nitrogen and oxygen atoms in total. The van der Waals surface area contributed by atoms with Crippen molar-refractivity contribution in [2.45, 2.75) is 62.6 Å². The van der Waals surface area contributed by atoms with Crippen LogP contribution in [0.5, 0.6) is 0 Å². The van der Waals surface area contributed by atoms with Gasteiger partial charge in [0.05, 0.1) is 17.4 Å². The van der Waals surface area contributed by atoms with Crippen LogP contribution in [0.3, 0.4) is 0 Å². The Hall–Kier alpha value is -3.20. The summed E-state index contributed by atoms with van der Waals surface area (Å²) in [7, 11) is 0. The summed E-state index contributed by atoms with van der Waals surface area (Å²) in [6, 6.07) is 11.6. The largest absolute Gasteiger partial charge is 0.355 e. The van der Waals surface area contributed by atoms with Crippen LogP contribution in [0.4, 0.5) is 11.5 Å². The molecule has 1 atom stereocenters. The van der Waals surface area contributed by atoms with E-state index in [1.165, 1.54) is 25.7 Å². The second-order valence-electron chi connectivity index (χ2n) is 9.82. The van der Waals surface area contributed by atoms with Gasteiger partial charge >= 0.3 is 0 Å². The normalized spacial score (nSPS) is 19.0. The molecule has 0 saturated carbocycles. The third-order valence-corrected chi connectivity index (χ3v) is 8.44. The summed E-state index contributed by atoms with van der Waals surface area (Å²) in [5.74, 6) is 1.54. The fourth-order valence-corrected chi connectivity index (χ4v) is 6.55. The van der Waals surface area contributed by atoms with Crippen molar-refractivity contribution in [1.82, 2.24) is 19.7 Å². The van der Waals surface area contributed by atoms with Gasteiger partial charge in [-0.25, -0.2) is 4.98 Å². The monoisotopic (exact) mass is 502 g/mol. The van der Waals surface area contributed by atoms with E-state index in [-0.39, 0.29) is 23.9 Å². The second-order valence-corrected chi connectivity index (χ2v) is 10.8. The molecule has 2 aromatic heterocycles. The zero-order chi connectivity index (χ0) is 24.5. The number of amides is 1. The van der Waals surface area contributed by atoms with Crippen molar-refractivity contribution < 1.29 is 4.79 Å². The van der Waals surface area contributed by atoms with E-state index in [1.54, 1.807) is 16.3 Å². The molecule has 2 aliphatic heterocycles. The molecule has 0 bridgehead atoms. The number of anilines is 2. The number of rotatable bonds is 5. The molecule has 1 saturated heterocycles. The molecule has 1 aliphatic carbocycles. The number of aromatic nitrogens is 4. The molecule has 1 fully saturated rings. The molecule has 1 N–H and O–H groups in total. The lowest BCUT2D eigenvalue weighted by atomic mass is 10.1. The first-order chi connectivity index (χ1) is 17.7. The first kappa shape index (κ1) is 23.2. The topological polar surface area (TPSA) is 93.0 Å². The van der Waals surface area contributed by atoms with Crippen LogP contribution >= 0.6 is 11.8 Å². The van der Waals surface area contributed by atoms with E-state index in [0.29, 0.717) is 5.75 Å². The Labute approximate surface area is 214 Å². The van der Waals surface area contributed by atoms with Gasteiger partial charge in [0.25, 0.3) is 5.56 Å². The van der Waals surface area contributed by atoms with Crippen LogP contribution in [-0.2, 0) is 17.6 Å². The summed E-state index contributed by atoms with van der Waals surface area (Å²) in [4.78, 5) is 32.8. The number of carbonyl (C=O) groups is 1. The highest BCUT2D eigenvalue weighted by atomic mass is 32.2. The highest BCUT2D eigenvalue weighted by Crippen LogP contribution is 2.34. The molecule has 186 valence electrons. The molecule has 1 unspecified atom stereocenters. The van der Waals surface area contributed by atoms with Gasteiger partial charge in [-0.3, -0.25) is 14.2 Å². The average Bonchev–Trinajstić information content (AvgIpc) is 3.43. The summed E-state index contributed by atoms with van der Waals surface area (Å²) >= 11 is 1.57. The minimum Gasteiger partial charge on any atom is -0.355 e. The molecular weight excluding hydrogens is 472 g/mol. The SMILES string of the molecule is O=C(CC1CSc2nc3c(c(=O)n21)CCC3)Nc1ccc(-c2ccc(N3CCCCCC3)nn2)cc1. The van der Waals surface area contributed by atoms with Gasteiger partial charge in [0.1, 0.15) is 0 Å². The molecule has 1 amide bonds. The quantitative estimate of drug-likeness (QED) is 0.522. The Morgan fingerprint density at radius 2 is 1.78 bits per heavy atom. The summed E-state index contributed by atoms with van der Waals surface area (Å²) in [6.07, 6.45) is 7.91. The molecule has 4 heterocycles. The van der Waals surface area contributed by atoms with E-state index in [2.05, 4.69) is 20.4 Å². The van der Waals surface area contributed by atoms with Crippen LogP contribution in [0.2, 0.25) is 0 Å². The van der Waals surface area contributed by atoms with Gasteiger partial charge in [0.2, 0.25) is 5.91 Å². The van der Waals surface area contributed by atoms with E-state index in [4.69, 9.17) is 4.98 Å². The maximum absolute atomic E-state index is 13.0. The van der Waals surface area contributed by atoms with Crippen molar-refractivity contribution in [3.63, 3.8) is 0 Å².